The fourth-order valence-electron chi connectivity index (χ4n) is 2.74. The summed E-state index contributed by atoms with van der Waals surface area (Å²) in [5, 5.41) is 6.77. The van der Waals surface area contributed by atoms with Crippen molar-refractivity contribution in [3.63, 3.8) is 0 Å². The van der Waals surface area contributed by atoms with Crippen molar-refractivity contribution < 1.29 is 0 Å². The second kappa shape index (κ2) is 13.0. The van der Waals surface area contributed by atoms with E-state index in [-0.39, 0.29) is 24.0 Å². The lowest BCUT2D eigenvalue weighted by molar-refractivity contribution is 0.588. The standard InChI is InChI=1S/C20H31N5S.HI/c1-5-21-20(23-10-6-7-12-25-13-11-22-17(25)3)24-15-18-9-8-16(2)14-19(18)26-4;/h8-9,11,13-14H,5-7,10,12,15H2,1-4H3,(H2,21,23,24);1H. The lowest BCUT2D eigenvalue weighted by Crippen LogP contribution is -2.37. The van der Waals surface area contributed by atoms with Crippen LogP contribution in [0.4, 0.5) is 0 Å². The highest BCUT2D eigenvalue weighted by Crippen LogP contribution is 2.22. The molecule has 0 aliphatic heterocycles. The number of thioether (sulfide) groups is 1. The average molecular weight is 501 g/mol. The number of rotatable bonds is 9. The zero-order chi connectivity index (χ0) is 18.8. The Morgan fingerprint density at radius 2 is 2.04 bits per heavy atom. The molecule has 1 aromatic carbocycles. The fourth-order valence-corrected chi connectivity index (χ4v) is 3.44. The van der Waals surface area contributed by atoms with Crippen LogP contribution in [0, 0.1) is 13.8 Å². The molecule has 0 aliphatic rings. The van der Waals surface area contributed by atoms with Crippen molar-refractivity contribution in [2.24, 2.45) is 4.99 Å². The number of aromatic nitrogens is 2. The van der Waals surface area contributed by atoms with E-state index in [9.17, 15) is 0 Å². The Kier molecular flexibility index (Phi) is 11.5. The predicted octanol–water partition coefficient (Wildman–Crippen LogP) is 4.38. The van der Waals surface area contributed by atoms with Gasteiger partial charge in [0.05, 0.1) is 6.54 Å². The first kappa shape index (κ1) is 23.8. The molecule has 0 atom stereocenters. The summed E-state index contributed by atoms with van der Waals surface area (Å²) in [6, 6.07) is 6.57. The Morgan fingerprint density at radius 3 is 2.70 bits per heavy atom. The summed E-state index contributed by atoms with van der Waals surface area (Å²) in [4.78, 5) is 10.3. The minimum absolute atomic E-state index is 0. The van der Waals surface area contributed by atoms with E-state index in [0.717, 1.165) is 44.3 Å². The van der Waals surface area contributed by atoms with Gasteiger partial charge in [-0.2, -0.15) is 0 Å². The van der Waals surface area contributed by atoms with E-state index >= 15 is 0 Å². The van der Waals surface area contributed by atoms with Gasteiger partial charge < -0.3 is 15.2 Å². The Morgan fingerprint density at radius 1 is 1.22 bits per heavy atom. The third kappa shape index (κ3) is 8.13. The largest absolute Gasteiger partial charge is 0.357 e. The molecule has 0 saturated carbocycles. The Labute approximate surface area is 184 Å². The number of benzene rings is 1. The van der Waals surface area contributed by atoms with Crippen LogP contribution in [0.15, 0.2) is 40.5 Å². The molecule has 0 aliphatic carbocycles. The third-order valence-electron chi connectivity index (χ3n) is 4.24. The van der Waals surface area contributed by atoms with E-state index in [1.165, 1.54) is 16.0 Å². The summed E-state index contributed by atoms with van der Waals surface area (Å²) in [6.45, 7) is 9.76. The molecular weight excluding hydrogens is 469 g/mol. The number of hydrogen-bond acceptors (Lipinski definition) is 3. The van der Waals surface area contributed by atoms with Crippen LogP contribution in [-0.2, 0) is 13.1 Å². The molecule has 27 heavy (non-hydrogen) atoms. The molecule has 0 amide bonds. The molecule has 2 rings (SSSR count). The number of halogens is 1. The molecule has 2 N–H and O–H groups in total. The monoisotopic (exact) mass is 501 g/mol. The number of aryl methyl sites for hydroxylation is 3. The molecule has 0 bridgehead atoms. The molecule has 0 radical (unpaired) electrons. The van der Waals surface area contributed by atoms with Gasteiger partial charge in [0.2, 0.25) is 0 Å². The van der Waals surface area contributed by atoms with E-state index in [0.29, 0.717) is 6.54 Å². The van der Waals surface area contributed by atoms with Gasteiger partial charge in [-0.05, 0) is 57.1 Å². The molecule has 0 saturated heterocycles. The molecule has 2 aromatic rings. The summed E-state index contributed by atoms with van der Waals surface area (Å²) < 4.78 is 2.20. The van der Waals surface area contributed by atoms with Crippen LogP contribution >= 0.6 is 35.7 Å². The van der Waals surface area contributed by atoms with E-state index in [1.54, 1.807) is 11.8 Å². The summed E-state index contributed by atoms with van der Waals surface area (Å²) in [5.74, 6) is 1.97. The summed E-state index contributed by atoms with van der Waals surface area (Å²) in [5.41, 5.74) is 2.57. The van der Waals surface area contributed by atoms with Crippen molar-refractivity contribution in [1.29, 1.82) is 0 Å². The van der Waals surface area contributed by atoms with Crippen LogP contribution in [0.1, 0.15) is 36.7 Å². The molecule has 0 spiro atoms. The number of hydrogen-bond donors (Lipinski definition) is 2. The van der Waals surface area contributed by atoms with Crippen LogP contribution in [0.2, 0.25) is 0 Å². The maximum atomic E-state index is 4.75. The number of unbranched alkanes of at least 4 members (excludes halogenated alkanes) is 1. The molecule has 5 nitrogen and oxygen atoms in total. The summed E-state index contributed by atoms with van der Waals surface area (Å²) in [6.07, 6.45) is 8.24. The number of aliphatic imine (C=N–C) groups is 1. The van der Waals surface area contributed by atoms with Gasteiger partial charge in [-0.3, -0.25) is 0 Å². The molecule has 1 heterocycles. The minimum Gasteiger partial charge on any atom is -0.357 e. The first-order valence-corrected chi connectivity index (χ1v) is 10.5. The van der Waals surface area contributed by atoms with Crippen molar-refractivity contribution in [2.75, 3.05) is 19.3 Å². The van der Waals surface area contributed by atoms with Crippen molar-refractivity contribution in [3.05, 3.63) is 47.5 Å². The highest BCUT2D eigenvalue weighted by molar-refractivity contribution is 14.0. The Hall–Kier alpha value is -1.22. The smallest absolute Gasteiger partial charge is 0.191 e. The number of nitrogens with zero attached hydrogens (tertiary/aromatic N) is 3. The maximum Gasteiger partial charge on any atom is 0.191 e. The average Bonchev–Trinajstić information content (AvgIpc) is 3.04. The lowest BCUT2D eigenvalue weighted by Gasteiger charge is -2.12. The van der Waals surface area contributed by atoms with Crippen molar-refractivity contribution >= 4 is 41.7 Å². The molecule has 7 heteroatoms. The van der Waals surface area contributed by atoms with Crippen LogP contribution in [-0.4, -0.2) is 34.9 Å². The fraction of sp³-hybridized carbons (Fsp3) is 0.500. The van der Waals surface area contributed by atoms with Crippen molar-refractivity contribution in [2.45, 2.75) is 51.6 Å². The quantitative estimate of drug-likeness (QED) is 0.176. The zero-order valence-corrected chi connectivity index (χ0v) is 19.9. The van der Waals surface area contributed by atoms with Gasteiger partial charge in [0, 0.05) is 36.9 Å². The second-order valence-corrected chi connectivity index (χ2v) is 7.16. The summed E-state index contributed by atoms with van der Waals surface area (Å²) >= 11 is 1.78. The molecular formula is C20H32IN5S. The van der Waals surface area contributed by atoms with Crippen molar-refractivity contribution in [1.82, 2.24) is 20.2 Å². The second-order valence-electron chi connectivity index (χ2n) is 6.31. The van der Waals surface area contributed by atoms with Crippen molar-refractivity contribution in [3.8, 4) is 0 Å². The van der Waals surface area contributed by atoms with Crippen LogP contribution in [0.3, 0.4) is 0 Å². The number of guanidine groups is 1. The van der Waals surface area contributed by atoms with Crippen LogP contribution in [0.5, 0.6) is 0 Å². The van der Waals surface area contributed by atoms with Gasteiger partial charge in [0.15, 0.2) is 5.96 Å². The van der Waals surface area contributed by atoms with E-state index in [4.69, 9.17) is 4.99 Å². The maximum absolute atomic E-state index is 4.75. The highest BCUT2D eigenvalue weighted by atomic mass is 127. The zero-order valence-electron chi connectivity index (χ0n) is 16.8. The first-order chi connectivity index (χ1) is 12.6. The van der Waals surface area contributed by atoms with Gasteiger partial charge >= 0.3 is 0 Å². The molecule has 150 valence electrons. The van der Waals surface area contributed by atoms with Gasteiger partial charge in [0.25, 0.3) is 0 Å². The molecule has 1 aromatic heterocycles. The highest BCUT2D eigenvalue weighted by Gasteiger charge is 2.03. The van der Waals surface area contributed by atoms with Gasteiger partial charge in [-0.25, -0.2) is 9.98 Å². The van der Waals surface area contributed by atoms with E-state index < -0.39 is 0 Å². The number of imidazole rings is 1. The predicted molar refractivity (Wildman–Crippen MR) is 127 cm³/mol. The molecule has 0 fully saturated rings. The minimum atomic E-state index is 0. The van der Waals surface area contributed by atoms with Gasteiger partial charge in [0.1, 0.15) is 5.82 Å². The third-order valence-corrected chi connectivity index (χ3v) is 5.06. The molecule has 0 unspecified atom stereocenters. The van der Waals surface area contributed by atoms with E-state index in [1.807, 2.05) is 19.3 Å². The lowest BCUT2D eigenvalue weighted by atomic mass is 10.1. The Bertz CT molecular complexity index is 714. The topological polar surface area (TPSA) is 54.2 Å². The number of nitrogens with one attached hydrogen (secondary N) is 2. The van der Waals surface area contributed by atoms with Crippen LogP contribution in [0.25, 0.3) is 0 Å². The normalized spacial score (nSPS) is 11.2. The van der Waals surface area contributed by atoms with Crippen LogP contribution < -0.4 is 10.6 Å². The first-order valence-electron chi connectivity index (χ1n) is 9.27. The van der Waals surface area contributed by atoms with Gasteiger partial charge in [-0.1, -0.05) is 12.1 Å². The SMILES string of the molecule is CCNC(=NCc1ccc(C)cc1SC)NCCCCn1ccnc1C.I. The summed E-state index contributed by atoms with van der Waals surface area (Å²) in [7, 11) is 0. The Balaban J connectivity index is 0.00000364. The van der Waals surface area contributed by atoms with Gasteiger partial charge in [-0.15, -0.1) is 35.7 Å². The van der Waals surface area contributed by atoms with E-state index in [2.05, 4.69) is 58.5 Å².